The molecule has 1 saturated heterocycles. The van der Waals surface area contributed by atoms with E-state index in [0.29, 0.717) is 10.6 Å². The third-order valence-corrected chi connectivity index (χ3v) is 6.33. The summed E-state index contributed by atoms with van der Waals surface area (Å²) in [6.07, 6.45) is 0. The molecule has 8 heteroatoms. The lowest BCUT2D eigenvalue weighted by molar-refractivity contribution is -0.138. The van der Waals surface area contributed by atoms with Gasteiger partial charge in [0.15, 0.2) is 0 Å². The molecule has 0 bridgehead atoms. The fraction of sp³-hybridized carbons (Fsp3) is 0.136. The molecular formula is C22H18ClN3O3S. The summed E-state index contributed by atoms with van der Waals surface area (Å²) < 4.78 is 0. The first-order chi connectivity index (χ1) is 14.4. The Labute approximate surface area is 182 Å². The van der Waals surface area contributed by atoms with E-state index in [2.05, 4.69) is 10.7 Å². The van der Waals surface area contributed by atoms with Crippen LogP contribution in [0.5, 0.6) is 0 Å². The molecule has 0 aliphatic carbocycles. The minimum absolute atomic E-state index is 0.0173. The van der Waals surface area contributed by atoms with Crippen molar-refractivity contribution < 1.29 is 14.4 Å². The molecule has 0 radical (unpaired) electrons. The van der Waals surface area contributed by atoms with Crippen LogP contribution < -0.4 is 10.7 Å². The Morgan fingerprint density at radius 2 is 1.77 bits per heavy atom. The first-order valence-electron chi connectivity index (χ1n) is 9.22. The van der Waals surface area contributed by atoms with Gasteiger partial charge in [-0.15, -0.1) is 11.8 Å². The molecule has 0 aromatic heterocycles. The van der Waals surface area contributed by atoms with Gasteiger partial charge in [0.2, 0.25) is 5.91 Å². The first kappa shape index (κ1) is 20.3. The highest BCUT2D eigenvalue weighted by molar-refractivity contribution is 8.00. The molecule has 6 nitrogen and oxygen atoms in total. The predicted octanol–water partition coefficient (Wildman–Crippen LogP) is 4.08. The van der Waals surface area contributed by atoms with Gasteiger partial charge >= 0.3 is 6.03 Å². The second kappa shape index (κ2) is 8.01. The van der Waals surface area contributed by atoms with Crippen molar-refractivity contribution in [2.75, 3.05) is 5.75 Å². The summed E-state index contributed by atoms with van der Waals surface area (Å²) in [6, 6.07) is 19.6. The lowest BCUT2D eigenvalue weighted by Gasteiger charge is -2.22. The Kier molecular flexibility index (Phi) is 5.40. The molecule has 2 N–H and O–H groups in total. The number of amides is 4. The molecule has 0 spiro atoms. The van der Waals surface area contributed by atoms with Crippen LogP contribution in [-0.2, 0) is 15.1 Å². The number of urea groups is 1. The highest BCUT2D eigenvalue weighted by Gasteiger charge is 2.49. The third-order valence-electron chi connectivity index (χ3n) is 4.95. The average Bonchev–Trinajstić information content (AvgIpc) is 2.97. The van der Waals surface area contributed by atoms with Crippen molar-refractivity contribution in [3.8, 4) is 0 Å². The van der Waals surface area contributed by atoms with Crippen molar-refractivity contribution in [3.63, 3.8) is 0 Å². The maximum atomic E-state index is 12.9. The van der Waals surface area contributed by atoms with E-state index in [1.807, 2.05) is 36.4 Å². The minimum atomic E-state index is -1.23. The van der Waals surface area contributed by atoms with Gasteiger partial charge in [-0.25, -0.2) is 4.79 Å². The van der Waals surface area contributed by atoms with E-state index in [9.17, 15) is 14.4 Å². The van der Waals surface area contributed by atoms with Crippen molar-refractivity contribution in [2.45, 2.75) is 17.4 Å². The van der Waals surface area contributed by atoms with Crippen molar-refractivity contribution >= 4 is 52.0 Å². The molecule has 152 valence electrons. The van der Waals surface area contributed by atoms with E-state index in [1.54, 1.807) is 37.3 Å². The summed E-state index contributed by atoms with van der Waals surface area (Å²) >= 11 is 7.61. The molecule has 30 heavy (non-hydrogen) atoms. The maximum Gasteiger partial charge on any atom is 0.344 e. The first-order valence-corrected chi connectivity index (χ1v) is 10.6. The van der Waals surface area contributed by atoms with Crippen molar-refractivity contribution in [3.05, 3.63) is 77.3 Å². The number of rotatable bonds is 5. The molecule has 4 amide bonds. The summed E-state index contributed by atoms with van der Waals surface area (Å²) in [6.45, 7) is 1.61. The van der Waals surface area contributed by atoms with E-state index in [0.717, 1.165) is 20.7 Å². The standard InChI is InChI=1S/C22H18ClN3O3S/c1-22(15-9-3-2-4-10-15)20(28)26(21(29)24-22)25-18(27)13-30-17-12-6-8-14-7-5-11-16(23)19(14)17/h2-12H,13H2,1H3,(H,24,29)(H,25,27). The van der Waals surface area contributed by atoms with Gasteiger partial charge in [0.05, 0.1) is 5.75 Å². The number of imide groups is 1. The second-order valence-electron chi connectivity index (χ2n) is 6.98. The van der Waals surface area contributed by atoms with Gasteiger partial charge in [0, 0.05) is 15.3 Å². The number of carbonyl (C=O) groups is 3. The fourth-order valence-electron chi connectivity index (χ4n) is 3.39. The molecule has 4 rings (SSSR count). The van der Waals surface area contributed by atoms with E-state index >= 15 is 0 Å². The topological polar surface area (TPSA) is 78.5 Å². The van der Waals surface area contributed by atoms with E-state index in [1.165, 1.54) is 11.8 Å². The highest BCUT2D eigenvalue weighted by atomic mass is 35.5. The number of benzene rings is 3. The van der Waals surface area contributed by atoms with E-state index in [-0.39, 0.29) is 5.75 Å². The van der Waals surface area contributed by atoms with Crippen molar-refractivity contribution in [1.82, 2.24) is 15.8 Å². The molecule has 1 fully saturated rings. The van der Waals surface area contributed by atoms with Crippen LogP contribution in [0, 0.1) is 0 Å². The van der Waals surface area contributed by atoms with Gasteiger partial charge in [-0.1, -0.05) is 66.2 Å². The summed E-state index contributed by atoms with van der Waals surface area (Å²) in [7, 11) is 0. The van der Waals surface area contributed by atoms with Crippen LogP contribution in [0.1, 0.15) is 12.5 Å². The van der Waals surface area contributed by atoms with Crippen molar-refractivity contribution in [2.24, 2.45) is 0 Å². The van der Waals surface area contributed by atoms with Gasteiger partial charge in [0.25, 0.3) is 5.91 Å². The quantitative estimate of drug-likeness (QED) is 0.463. The molecule has 1 heterocycles. The summed E-state index contributed by atoms with van der Waals surface area (Å²) in [5.41, 5.74) is 1.82. The molecule has 1 aliphatic heterocycles. The predicted molar refractivity (Wildman–Crippen MR) is 117 cm³/mol. The number of nitrogens with zero attached hydrogens (tertiary/aromatic N) is 1. The Balaban J connectivity index is 1.46. The van der Waals surface area contributed by atoms with Gasteiger partial charge in [-0.3, -0.25) is 15.0 Å². The zero-order chi connectivity index (χ0) is 21.3. The Morgan fingerprint density at radius 3 is 2.50 bits per heavy atom. The lowest BCUT2D eigenvalue weighted by Crippen LogP contribution is -2.48. The monoisotopic (exact) mass is 439 g/mol. The molecule has 1 aliphatic rings. The molecule has 1 unspecified atom stereocenters. The Bertz CT molecular complexity index is 1150. The number of hydrogen-bond acceptors (Lipinski definition) is 4. The van der Waals surface area contributed by atoms with Crippen LogP contribution in [0.25, 0.3) is 10.8 Å². The molecule has 3 aromatic rings. The molecule has 1 atom stereocenters. The van der Waals surface area contributed by atoms with Crippen LogP contribution in [-0.4, -0.2) is 28.6 Å². The smallest absolute Gasteiger partial charge is 0.318 e. The Morgan fingerprint density at radius 1 is 1.07 bits per heavy atom. The van der Waals surface area contributed by atoms with Crippen LogP contribution in [0.2, 0.25) is 5.02 Å². The second-order valence-corrected chi connectivity index (χ2v) is 8.40. The lowest BCUT2D eigenvalue weighted by atomic mass is 9.92. The molecule has 3 aromatic carbocycles. The number of nitrogens with one attached hydrogen (secondary N) is 2. The van der Waals surface area contributed by atoms with Crippen LogP contribution in [0.3, 0.4) is 0 Å². The average molecular weight is 440 g/mol. The van der Waals surface area contributed by atoms with Gasteiger partial charge in [-0.05, 0) is 30.0 Å². The van der Waals surface area contributed by atoms with Crippen LogP contribution >= 0.6 is 23.4 Å². The van der Waals surface area contributed by atoms with E-state index < -0.39 is 23.4 Å². The number of hydrogen-bond donors (Lipinski definition) is 2. The molecular weight excluding hydrogens is 422 g/mol. The number of fused-ring (bicyclic) bond motifs is 1. The number of carbonyl (C=O) groups excluding carboxylic acids is 3. The van der Waals surface area contributed by atoms with Crippen LogP contribution in [0.4, 0.5) is 4.79 Å². The number of halogens is 1. The van der Waals surface area contributed by atoms with Crippen molar-refractivity contribution in [1.29, 1.82) is 0 Å². The van der Waals surface area contributed by atoms with E-state index in [4.69, 9.17) is 11.6 Å². The largest absolute Gasteiger partial charge is 0.344 e. The summed E-state index contributed by atoms with van der Waals surface area (Å²) in [5, 5.41) is 5.84. The van der Waals surface area contributed by atoms with Gasteiger partial charge in [0.1, 0.15) is 5.54 Å². The van der Waals surface area contributed by atoms with Gasteiger partial charge in [-0.2, -0.15) is 5.01 Å². The summed E-state index contributed by atoms with van der Waals surface area (Å²) in [5.74, 6) is -0.987. The van der Waals surface area contributed by atoms with Gasteiger partial charge < -0.3 is 5.32 Å². The zero-order valence-electron chi connectivity index (χ0n) is 16.0. The SMILES string of the molecule is CC1(c2ccccc2)NC(=O)N(NC(=O)CSc2cccc3cccc(Cl)c23)C1=O. The zero-order valence-corrected chi connectivity index (χ0v) is 17.6. The number of thioether (sulfide) groups is 1. The van der Waals surface area contributed by atoms with Crippen LogP contribution in [0.15, 0.2) is 71.6 Å². The number of hydrazine groups is 1. The normalized spacial score (nSPS) is 18.5. The minimum Gasteiger partial charge on any atom is -0.318 e. The fourth-order valence-corrected chi connectivity index (χ4v) is 4.63. The molecule has 0 saturated carbocycles. The maximum absolute atomic E-state index is 12.9. The highest BCUT2D eigenvalue weighted by Crippen LogP contribution is 2.33. The Hall–Kier alpha value is -3.03. The third kappa shape index (κ3) is 3.62. The summed E-state index contributed by atoms with van der Waals surface area (Å²) in [4.78, 5) is 38.6.